The molecular weight excluding hydrogens is 350 g/mol. The summed E-state index contributed by atoms with van der Waals surface area (Å²) >= 11 is 0. The molecule has 0 aliphatic carbocycles. The van der Waals surface area contributed by atoms with Crippen LogP contribution in [0.5, 0.6) is 11.5 Å². The maximum absolute atomic E-state index is 10.3. The van der Waals surface area contributed by atoms with Crippen LogP contribution in [0.15, 0.2) is 18.2 Å². The summed E-state index contributed by atoms with van der Waals surface area (Å²) in [6.45, 7) is 2.24. The van der Waals surface area contributed by atoms with Crippen LogP contribution in [0.25, 0.3) is 11.2 Å². The molecule has 10 heteroatoms. The van der Waals surface area contributed by atoms with Crippen molar-refractivity contribution >= 4 is 22.9 Å². The molecule has 0 radical (unpaired) electrons. The van der Waals surface area contributed by atoms with Gasteiger partial charge in [-0.3, -0.25) is 0 Å². The Labute approximate surface area is 156 Å². The molecule has 2 heterocycles. The fourth-order valence-corrected chi connectivity index (χ4v) is 2.62. The Balaban J connectivity index is 1.91. The summed E-state index contributed by atoms with van der Waals surface area (Å²) in [5.74, 6) is 1.32. The summed E-state index contributed by atoms with van der Waals surface area (Å²) in [6.07, 6.45) is 0.724. The number of phenols is 1. The Bertz CT molecular complexity index is 924. The second-order valence-corrected chi connectivity index (χ2v) is 6.03. The van der Waals surface area contributed by atoms with Gasteiger partial charge in [0.25, 0.3) is 0 Å². The first kappa shape index (κ1) is 18.6. The number of aliphatic hydroxyl groups is 1. The average Bonchev–Trinajstić information content (AvgIpc) is 3.06. The third-order valence-electron chi connectivity index (χ3n) is 4.25. The zero-order chi connectivity index (χ0) is 19.4. The quantitative estimate of drug-likeness (QED) is 0.461. The molecule has 0 saturated carbocycles. The summed E-state index contributed by atoms with van der Waals surface area (Å²) in [6, 6.07) is 5.12. The molecule has 4 N–H and O–H groups in total. The minimum Gasteiger partial charge on any atom is -0.504 e. The maximum atomic E-state index is 10.3. The van der Waals surface area contributed by atoms with Gasteiger partial charge in [0.15, 0.2) is 28.5 Å². The zero-order valence-electron chi connectivity index (χ0n) is 15.5. The molecule has 2 aromatic heterocycles. The monoisotopic (exact) mass is 373 g/mol. The summed E-state index contributed by atoms with van der Waals surface area (Å²) in [4.78, 5) is 8.89. The summed E-state index contributed by atoms with van der Waals surface area (Å²) < 4.78 is 6.69. The van der Waals surface area contributed by atoms with Crippen molar-refractivity contribution in [1.82, 2.24) is 25.0 Å². The lowest BCUT2D eigenvalue weighted by atomic mass is 10.2. The van der Waals surface area contributed by atoms with Crippen molar-refractivity contribution in [2.75, 3.05) is 24.4 Å². The number of aryl methyl sites for hydroxylation is 1. The first-order chi connectivity index (χ1) is 13.1. The largest absolute Gasteiger partial charge is 0.504 e. The van der Waals surface area contributed by atoms with Gasteiger partial charge in [-0.1, -0.05) is 24.3 Å². The minimum atomic E-state index is -0.154. The third-order valence-corrected chi connectivity index (χ3v) is 4.25. The molecule has 0 aliphatic rings. The highest BCUT2D eigenvalue weighted by Gasteiger charge is 2.16. The van der Waals surface area contributed by atoms with E-state index in [-0.39, 0.29) is 18.4 Å². The number of fused-ring (bicyclic) bond motifs is 1. The van der Waals surface area contributed by atoms with Crippen LogP contribution in [0.3, 0.4) is 0 Å². The lowest BCUT2D eigenvalue weighted by Crippen LogP contribution is -2.24. The number of hydrogen-bond donors (Lipinski definition) is 4. The van der Waals surface area contributed by atoms with E-state index in [1.165, 1.54) is 7.11 Å². The number of rotatable bonds is 8. The van der Waals surface area contributed by atoms with Crippen molar-refractivity contribution in [3.63, 3.8) is 0 Å². The number of aliphatic hydroxyl groups excluding tert-OH is 1. The van der Waals surface area contributed by atoms with E-state index in [4.69, 9.17) is 4.74 Å². The van der Waals surface area contributed by atoms with Gasteiger partial charge >= 0.3 is 0 Å². The van der Waals surface area contributed by atoms with Crippen molar-refractivity contribution in [2.24, 2.45) is 7.05 Å². The van der Waals surface area contributed by atoms with Gasteiger partial charge in [0.1, 0.15) is 0 Å². The van der Waals surface area contributed by atoms with Gasteiger partial charge in [0.2, 0.25) is 5.95 Å². The molecule has 0 fully saturated rings. The van der Waals surface area contributed by atoms with Gasteiger partial charge in [-0.25, -0.2) is 4.68 Å². The highest BCUT2D eigenvalue weighted by atomic mass is 16.5. The number of aromatic nitrogens is 5. The number of aromatic hydroxyl groups is 1. The van der Waals surface area contributed by atoms with Crippen LogP contribution in [-0.4, -0.2) is 54.9 Å². The van der Waals surface area contributed by atoms with Gasteiger partial charge in [-0.2, -0.15) is 9.97 Å². The number of phenolic OH excluding ortho intramolecular Hbond substituents is 1. The van der Waals surface area contributed by atoms with Gasteiger partial charge < -0.3 is 25.6 Å². The van der Waals surface area contributed by atoms with E-state index < -0.39 is 0 Å². The van der Waals surface area contributed by atoms with Crippen LogP contribution < -0.4 is 15.4 Å². The fourth-order valence-electron chi connectivity index (χ4n) is 2.62. The molecule has 0 spiro atoms. The predicted octanol–water partition coefficient (Wildman–Crippen LogP) is 1.27. The standard InChI is InChI=1S/C17H23N7O3/c1-4-11(9-25)19-17-20-15(13-16(21-17)24(2)23-22-13)18-8-10-6-5-7-12(27-3)14(10)26/h5-7,11,25-26H,4,8-9H2,1-3H3,(H2,18,19,20,21). The molecular formula is C17H23N7O3. The van der Waals surface area contributed by atoms with Gasteiger partial charge in [-0.05, 0) is 12.5 Å². The lowest BCUT2D eigenvalue weighted by molar-refractivity contribution is 0.271. The van der Waals surface area contributed by atoms with E-state index >= 15 is 0 Å². The molecule has 0 amide bonds. The second kappa shape index (κ2) is 8.04. The SMILES string of the molecule is CCC(CO)Nc1nc(NCc2cccc(OC)c2O)c2nnn(C)c2n1. The normalized spacial score (nSPS) is 12.1. The van der Waals surface area contributed by atoms with Crippen LogP contribution in [0.2, 0.25) is 0 Å². The molecule has 3 rings (SSSR count). The van der Waals surface area contributed by atoms with E-state index in [0.717, 1.165) is 6.42 Å². The van der Waals surface area contributed by atoms with Crippen molar-refractivity contribution < 1.29 is 14.9 Å². The number of methoxy groups -OCH3 is 1. The maximum Gasteiger partial charge on any atom is 0.227 e. The molecule has 1 unspecified atom stereocenters. The Morgan fingerprint density at radius 2 is 2.11 bits per heavy atom. The lowest BCUT2D eigenvalue weighted by Gasteiger charge is -2.15. The Morgan fingerprint density at radius 1 is 1.30 bits per heavy atom. The average molecular weight is 373 g/mol. The minimum absolute atomic E-state index is 0.0258. The Hall–Kier alpha value is -3.14. The molecule has 0 bridgehead atoms. The van der Waals surface area contributed by atoms with Crippen LogP contribution in [0.1, 0.15) is 18.9 Å². The Morgan fingerprint density at radius 3 is 2.81 bits per heavy atom. The van der Waals surface area contributed by atoms with Crippen LogP contribution in [-0.2, 0) is 13.6 Å². The number of nitrogens with zero attached hydrogens (tertiary/aromatic N) is 5. The van der Waals surface area contributed by atoms with Gasteiger partial charge in [0.05, 0.1) is 19.8 Å². The topological polar surface area (TPSA) is 130 Å². The molecule has 144 valence electrons. The van der Waals surface area contributed by atoms with E-state index in [9.17, 15) is 10.2 Å². The first-order valence-electron chi connectivity index (χ1n) is 8.60. The van der Waals surface area contributed by atoms with Crippen molar-refractivity contribution in [3.05, 3.63) is 23.8 Å². The van der Waals surface area contributed by atoms with Gasteiger partial charge in [-0.15, -0.1) is 5.10 Å². The number of hydrogen-bond acceptors (Lipinski definition) is 9. The van der Waals surface area contributed by atoms with Crippen LogP contribution in [0.4, 0.5) is 11.8 Å². The molecule has 0 saturated heterocycles. The first-order valence-corrected chi connectivity index (χ1v) is 8.60. The molecule has 1 aromatic carbocycles. The van der Waals surface area contributed by atoms with E-state index in [2.05, 4.69) is 30.9 Å². The van der Waals surface area contributed by atoms with E-state index in [0.29, 0.717) is 40.8 Å². The molecule has 0 aliphatic heterocycles. The highest BCUT2D eigenvalue weighted by molar-refractivity contribution is 5.83. The molecule has 27 heavy (non-hydrogen) atoms. The fraction of sp³-hybridized carbons (Fsp3) is 0.412. The zero-order valence-corrected chi connectivity index (χ0v) is 15.5. The smallest absolute Gasteiger partial charge is 0.227 e. The van der Waals surface area contributed by atoms with E-state index in [1.807, 2.05) is 6.92 Å². The summed E-state index contributed by atoms with van der Waals surface area (Å²) in [5, 5.41) is 34.0. The summed E-state index contributed by atoms with van der Waals surface area (Å²) in [5.41, 5.74) is 1.72. The Kier molecular flexibility index (Phi) is 5.55. The van der Waals surface area contributed by atoms with Crippen molar-refractivity contribution in [3.8, 4) is 11.5 Å². The highest BCUT2D eigenvalue weighted by Crippen LogP contribution is 2.30. The van der Waals surface area contributed by atoms with E-state index in [1.54, 1.807) is 29.9 Å². The van der Waals surface area contributed by atoms with Gasteiger partial charge in [0, 0.05) is 19.2 Å². The second-order valence-electron chi connectivity index (χ2n) is 6.03. The van der Waals surface area contributed by atoms with Crippen LogP contribution in [0, 0.1) is 0 Å². The molecule has 1 atom stereocenters. The third kappa shape index (κ3) is 3.85. The number of ether oxygens (including phenoxy) is 1. The molecule has 10 nitrogen and oxygen atoms in total. The molecule has 3 aromatic rings. The van der Waals surface area contributed by atoms with Crippen molar-refractivity contribution in [1.29, 1.82) is 0 Å². The van der Waals surface area contributed by atoms with Crippen molar-refractivity contribution in [2.45, 2.75) is 25.9 Å². The number of nitrogens with one attached hydrogen (secondary N) is 2. The van der Waals surface area contributed by atoms with Crippen LogP contribution >= 0.6 is 0 Å². The number of anilines is 2. The summed E-state index contributed by atoms with van der Waals surface area (Å²) in [7, 11) is 3.25. The number of benzene rings is 1. The number of para-hydroxylation sites is 1. The predicted molar refractivity (Wildman–Crippen MR) is 101 cm³/mol.